The van der Waals surface area contributed by atoms with Gasteiger partial charge >= 0.3 is 5.97 Å². The van der Waals surface area contributed by atoms with Crippen LogP contribution in [0.1, 0.15) is 34.9 Å². The summed E-state index contributed by atoms with van der Waals surface area (Å²) >= 11 is 1.73. The largest absolute Gasteiger partial charge is 0.488 e. The van der Waals surface area contributed by atoms with Gasteiger partial charge in [-0.3, -0.25) is 4.99 Å². The molecule has 0 fully saturated rings. The van der Waals surface area contributed by atoms with Gasteiger partial charge in [-0.05, 0) is 60.9 Å². The Morgan fingerprint density at radius 3 is 2.53 bits per heavy atom. The molecule has 34 heavy (non-hydrogen) atoms. The maximum absolute atomic E-state index is 11.3. The fourth-order valence-corrected chi connectivity index (χ4v) is 4.81. The highest BCUT2D eigenvalue weighted by Crippen LogP contribution is 2.32. The van der Waals surface area contributed by atoms with E-state index in [1.54, 1.807) is 18.3 Å². The van der Waals surface area contributed by atoms with Gasteiger partial charge in [0.25, 0.3) is 0 Å². The Morgan fingerprint density at radius 1 is 1.15 bits per heavy atom. The molecule has 2 aromatic carbocycles. The zero-order valence-corrected chi connectivity index (χ0v) is 20.3. The molecule has 6 nitrogen and oxygen atoms in total. The Balaban J connectivity index is 1.37. The fourth-order valence-electron chi connectivity index (χ4n) is 3.72. The number of benzene rings is 2. The van der Waals surface area contributed by atoms with Crippen molar-refractivity contribution in [3.63, 3.8) is 0 Å². The highest BCUT2D eigenvalue weighted by molar-refractivity contribution is 7.15. The van der Waals surface area contributed by atoms with Crippen LogP contribution in [-0.2, 0) is 27.3 Å². The minimum absolute atomic E-state index is 0.328. The van der Waals surface area contributed by atoms with Gasteiger partial charge in [-0.1, -0.05) is 24.3 Å². The number of rotatable bonds is 10. The van der Waals surface area contributed by atoms with Crippen LogP contribution in [0.25, 0.3) is 10.4 Å². The molecular formula is C27H29NO5S. The molecule has 1 aliphatic rings. The van der Waals surface area contributed by atoms with Crippen molar-refractivity contribution < 1.29 is 24.1 Å². The third kappa shape index (κ3) is 6.04. The molecule has 0 radical (unpaired) electrons. The number of thiophene rings is 1. The molecule has 1 aromatic heterocycles. The number of hydrogen-bond acceptors (Lipinski definition) is 6. The lowest BCUT2D eigenvalue weighted by Crippen LogP contribution is -2.26. The highest BCUT2D eigenvalue weighted by Gasteiger charge is 2.18. The van der Waals surface area contributed by atoms with Gasteiger partial charge in [0, 0.05) is 41.3 Å². The lowest BCUT2D eigenvalue weighted by atomic mass is 10.1. The number of aliphatic imine (C=N–C) groups is 1. The van der Waals surface area contributed by atoms with Crippen molar-refractivity contribution in [2.24, 2.45) is 4.99 Å². The molecular weight excluding hydrogens is 450 g/mol. The lowest BCUT2D eigenvalue weighted by Gasteiger charge is -2.13. The van der Waals surface area contributed by atoms with Gasteiger partial charge in [0.05, 0.1) is 6.61 Å². The Hall–Kier alpha value is -3.16. The summed E-state index contributed by atoms with van der Waals surface area (Å²) in [4.78, 5) is 18.1. The van der Waals surface area contributed by atoms with E-state index in [9.17, 15) is 9.90 Å². The first kappa shape index (κ1) is 24.0. The van der Waals surface area contributed by atoms with Crippen molar-refractivity contribution in [1.82, 2.24) is 0 Å². The Kier molecular flexibility index (Phi) is 7.98. The number of aryl methyl sites for hydroxylation is 1. The summed E-state index contributed by atoms with van der Waals surface area (Å²) < 4.78 is 17.0. The molecule has 1 aliphatic heterocycles. The molecule has 178 valence electrons. The third-order valence-electron chi connectivity index (χ3n) is 5.59. The van der Waals surface area contributed by atoms with Gasteiger partial charge < -0.3 is 19.3 Å². The molecule has 0 saturated carbocycles. The molecule has 0 aliphatic carbocycles. The van der Waals surface area contributed by atoms with Gasteiger partial charge in [0.15, 0.2) is 6.10 Å². The molecule has 2 heterocycles. The average molecular weight is 480 g/mol. The molecule has 1 atom stereocenters. The topological polar surface area (TPSA) is 77.3 Å². The summed E-state index contributed by atoms with van der Waals surface area (Å²) in [6.45, 7) is 6.29. The summed E-state index contributed by atoms with van der Waals surface area (Å²) in [5.41, 5.74) is 4.27. The first-order chi connectivity index (χ1) is 16.5. The van der Waals surface area contributed by atoms with Crippen molar-refractivity contribution in [1.29, 1.82) is 0 Å². The summed E-state index contributed by atoms with van der Waals surface area (Å²) in [7, 11) is 0. The second kappa shape index (κ2) is 11.3. The summed E-state index contributed by atoms with van der Waals surface area (Å²) in [5.74, 6) is 0.535. The molecule has 0 spiro atoms. The Labute approximate surface area is 203 Å². The number of hydrogen-bond donors (Lipinski definition) is 1. The van der Waals surface area contributed by atoms with Crippen LogP contribution in [0.4, 0.5) is 0 Å². The van der Waals surface area contributed by atoms with Crippen LogP contribution in [0.5, 0.6) is 5.75 Å². The Bertz CT molecular complexity index is 1130. The first-order valence-corrected chi connectivity index (χ1v) is 12.3. The zero-order chi connectivity index (χ0) is 23.9. The van der Waals surface area contributed by atoms with Crippen LogP contribution in [0, 0.1) is 6.92 Å². The van der Waals surface area contributed by atoms with Gasteiger partial charge in [-0.15, -0.1) is 11.3 Å². The van der Waals surface area contributed by atoms with Crippen molar-refractivity contribution in [3.05, 3.63) is 76.2 Å². The fraction of sp³-hybridized carbons (Fsp3) is 0.333. The molecule has 1 unspecified atom stereocenters. The van der Waals surface area contributed by atoms with E-state index in [0.717, 1.165) is 47.9 Å². The van der Waals surface area contributed by atoms with Crippen molar-refractivity contribution in [2.75, 3.05) is 19.8 Å². The normalized spacial score (nSPS) is 14.2. The summed E-state index contributed by atoms with van der Waals surface area (Å²) in [6, 6.07) is 18.1. The minimum Gasteiger partial charge on any atom is -0.488 e. The van der Waals surface area contributed by atoms with Gasteiger partial charge in [0.2, 0.25) is 5.90 Å². The van der Waals surface area contributed by atoms with E-state index in [1.807, 2.05) is 24.3 Å². The van der Waals surface area contributed by atoms with Crippen molar-refractivity contribution >= 4 is 23.2 Å². The van der Waals surface area contributed by atoms with Crippen LogP contribution in [-0.4, -0.2) is 42.8 Å². The summed E-state index contributed by atoms with van der Waals surface area (Å²) in [6.07, 6.45) is 0.473. The number of nitrogens with zero attached hydrogens (tertiary/aromatic N) is 1. The molecule has 0 bridgehead atoms. The van der Waals surface area contributed by atoms with E-state index in [0.29, 0.717) is 19.6 Å². The van der Waals surface area contributed by atoms with Crippen LogP contribution in [0.15, 0.2) is 59.6 Å². The molecule has 1 N–H and O–H groups in total. The lowest BCUT2D eigenvalue weighted by molar-refractivity contribution is -0.149. The minimum atomic E-state index is -0.947. The Morgan fingerprint density at radius 2 is 1.88 bits per heavy atom. The molecule has 0 saturated heterocycles. The van der Waals surface area contributed by atoms with Crippen LogP contribution in [0.2, 0.25) is 0 Å². The van der Waals surface area contributed by atoms with Gasteiger partial charge in [-0.2, -0.15) is 0 Å². The monoisotopic (exact) mass is 479 g/mol. The maximum atomic E-state index is 11.3. The average Bonchev–Trinajstić information content (AvgIpc) is 3.24. The van der Waals surface area contributed by atoms with Crippen LogP contribution < -0.4 is 4.74 Å². The van der Waals surface area contributed by atoms with E-state index in [1.165, 1.54) is 15.3 Å². The second-order valence-corrected chi connectivity index (χ2v) is 9.24. The highest BCUT2D eigenvalue weighted by atomic mass is 32.1. The molecule has 7 heteroatoms. The molecule has 4 rings (SSSR count). The maximum Gasteiger partial charge on any atom is 0.333 e. The smallest absolute Gasteiger partial charge is 0.333 e. The number of carboxylic acids is 1. The SMILES string of the molecule is CCOC(Cc1ccc(OCc2sc(-c3ccc(C4=NCCCO4)cc3)cc2C)cc1)C(=O)O. The predicted molar refractivity (Wildman–Crippen MR) is 134 cm³/mol. The van der Waals surface area contributed by atoms with E-state index in [-0.39, 0.29) is 0 Å². The predicted octanol–water partition coefficient (Wildman–Crippen LogP) is 5.50. The van der Waals surface area contributed by atoms with Gasteiger partial charge in [0.1, 0.15) is 12.4 Å². The zero-order valence-electron chi connectivity index (χ0n) is 19.5. The molecule has 0 amide bonds. The van der Waals surface area contributed by atoms with E-state index in [4.69, 9.17) is 14.2 Å². The third-order valence-corrected chi connectivity index (χ3v) is 6.85. The number of ether oxygens (including phenoxy) is 3. The van der Waals surface area contributed by atoms with Crippen LogP contribution in [0.3, 0.4) is 0 Å². The number of aliphatic carboxylic acids is 1. The standard InChI is InChI=1S/C27H29NO5S/c1-3-31-23(27(29)30)16-19-5-11-22(12-6-19)33-17-25-18(2)15-24(34-25)20-7-9-21(10-8-20)26-28-13-4-14-32-26/h5-12,15,23H,3-4,13-14,16-17H2,1-2H3,(H,29,30). The second-order valence-electron chi connectivity index (χ2n) is 8.10. The quantitative estimate of drug-likeness (QED) is 0.415. The van der Waals surface area contributed by atoms with Crippen molar-refractivity contribution in [2.45, 2.75) is 39.4 Å². The molecule has 3 aromatic rings. The summed E-state index contributed by atoms with van der Waals surface area (Å²) in [5, 5.41) is 9.25. The number of carboxylic acid groups (broad SMARTS) is 1. The van der Waals surface area contributed by atoms with Crippen LogP contribution >= 0.6 is 11.3 Å². The van der Waals surface area contributed by atoms with Crippen molar-refractivity contribution in [3.8, 4) is 16.2 Å². The first-order valence-electron chi connectivity index (χ1n) is 11.5. The van der Waals surface area contributed by atoms with E-state index >= 15 is 0 Å². The van der Waals surface area contributed by atoms with Gasteiger partial charge in [-0.25, -0.2) is 4.79 Å². The number of carbonyl (C=O) groups is 1. The van der Waals surface area contributed by atoms with E-state index in [2.05, 4.69) is 42.2 Å². The van der Waals surface area contributed by atoms with E-state index < -0.39 is 12.1 Å².